The summed E-state index contributed by atoms with van der Waals surface area (Å²) >= 11 is 0. The number of rotatable bonds is 5. The summed E-state index contributed by atoms with van der Waals surface area (Å²) in [6, 6.07) is 7.45. The molecule has 0 saturated heterocycles. The van der Waals surface area contributed by atoms with E-state index in [1.54, 1.807) is 0 Å². The van der Waals surface area contributed by atoms with Gasteiger partial charge in [0, 0.05) is 12.6 Å². The van der Waals surface area contributed by atoms with Gasteiger partial charge in [-0.1, -0.05) is 31.2 Å². The molecule has 1 aliphatic rings. The van der Waals surface area contributed by atoms with Crippen LogP contribution >= 0.6 is 0 Å². The minimum atomic E-state index is -0.890. The number of carbonyl (C=O) groups excluding carboxylic acids is 1. The summed E-state index contributed by atoms with van der Waals surface area (Å²) in [5.74, 6) is -1.01. The zero-order chi connectivity index (χ0) is 14.5. The Morgan fingerprint density at radius 1 is 1.40 bits per heavy atom. The van der Waals surface area contributed by atoms with Gasteiger partial charge in [-0.2, -0.15) is 0 Å². The predicted molar refractivity (Wildman–Crippen MR) is 75.2 cm³/mol. The van der Waals surface area contributed by atoms with Crippen LogP contribution in [0.15, 0.2) is 24.3 Å². The zero-order valence-electron chi connectivity index (χ0n) is 11.6. The summed E-state index contributed by atoms with van der Waals surface area (Å²) in [6.45, 7) is 2.54. The largest absolute Gasteiger partial charge is 0.481 e. The van der Waals surface area contributed by atoms with E-state index in [0.29, 0.717) is 19.4 Å². The number of carbonyl (C=O) groups is 2. The van der Waals surface area contributed by atoms with E-state index >= 15 is 0 Å². The van der Waals surface area contributed by atoms with Crippen LogP contribution in [0.3, 0.4) is 0 Å². The fourth-order valence-electron chi connectivity index (χ4n) is 2.45. The van der Waals surface area contributed by atoms with Crippen molar-refractivity contribution in [3.05, 3.63) is 35.4 Å². The molecule has 1 unspecified atom stereocenters. The zero-order valence-corrected chi connectivity index (χ0v) is 11.6. The Hall–Kier alpha value is -1.88. The van der Waals surface area contributed by atoms with Crippen molar-refractivity contribution in [3.8, 4) is 0 Å². The second-order valence-corrected chi connectivity index (χ2v) is 5.12. The third-order valence-corrected chi connectivity index (χ3v) is 3.66. The van der Waals surface area contributed by atoms with Crippen molar-refractivity contribution in [2.24, 2.45) is 0 Å². The Bertz CT molecular complexity index is 502. The maximum absolute atomic E-state index is 12.2. The highest BCUT2D eigenvalue weighted by Gasteiger charge is 2.25. The molecule has 2 rings (SSSR count). The molecular formula is C15H20N2O3. The van der Waals surface area contributed by atoms with Crippen LogP contribution in [-0.2, 0) is 22.6 Å². The first kappa shape index (κ1) is 14.5. The molecule has 0 spiro atoms. The number of carboxylic acid groups (broad SMARTS) is 1. The minimum Gasteiger partial charge on any atom is -0.481 e. The van der Waals surface area contributed by atoms with E-state index in [0.717, 1.165) is 0 Å². The summed E-state index contributed by atoms with van der Waals surface area (Å²) in [5, 5.41) is 14.8. The van der Waals surface area contributed by atoms with Gasteiger partial charge >= 0.3 is 5.97 Å². The number of amides is 1. The van der Waals surface area contributed by atoms with Gasteiger partial charge in [-0.15, -0.1) is 0 Å². The van der Waals surface area contributed by atoms with Gasteiger partial charge in [0.05, 0.1) is 12.5 Å². The van der Waals surface area contributed by atoms with Crippen molar-refractivity contribution in [1.82, 2.24) is 10.6 Å². The number of aliphatic carboxylic acids is 1. The quantitative estimate of drug-likeness (QED) is 0.751. The lowest BCUT2D eigenvalue weighted by Gasteiger charge is -2.27. The van der Waals surface area contributed by atoms with Crippen LogP contribution in [0.4, 0.5) is 0 Å². The van der Waals surface area contributed by atoms with Crippen molar-refractivity contribution < 1.29 is 14.7 Å². The summed E-state index contributed by atoms with van der Waals surface area (Å²) < 4.78 is 0. The van der Waals surface area contributed by atoms with Crippen LogP contribution in [0, 0.1) is 0 Å². The topological polar surface area (TPSA) is 78.4 Å². The van der Waals surface area contributed by atoms with E-state index in [2.05, 4.69) is 16.7 Å². The van der Waals surface area contributed by atoms with E-state index in [9.17, 15) is 9.59 Å². The third-order valence-electron chi connectivity index (χ3n) is 3.66. The molecule has 0 aliphatic carbocycles. The lowest BCUT2D eigenvalue weighted by atomic mass is 9.95. The number of carboxylic acids is 1. The molecule has 1 amide bonds. The highest BCUT2D eigenvalue weighted by atomic mass is 16.4. The van der Waals surface area contributed by atoms with Crippen molar-refractivity contribution in [1.29, 1.82) is 0 Å². The highest BCUT2D eigenvalue weighted by Crippen LogP contribution is 2.16. The molecule has 0 saturated carbocycles. The summed E-state index contributed by atoms with van der Waals surface area (Å²) in [7, 11) is 0. The Kier molecular flexibility index (Phi) is 4.74. The van der Waals surface area contributed by atoms with Crippen molar-refractivity contribution >= 4 is 11.9 Å². The van der Waals surface area contributed by atoms with Crippen LogP contribution in [0.5, 0.6) is 0 Å². The lowest BCUT2D eigenvalue weighted by molar-refractivity contribution is -0.137. The number of fused-ring (bicyclic) bond motifs is 1. The van der Waals surface area contributed by atoms with Crippen molar-refractivity contribution in [2.45, 2.75) is 44.8 Å². The van der Waals surface area contributed by atoms with Gasteiger partial charge in [0.25, 0.3) is 0 Å². The van der Waals surface area contributed by atoms with Gasteiger partial charge < -0.3 is 15.7 Å². The Morgan fingerprint density at radius 3 is 2.75 bits per heavy atom. The Morgan fingerprint density at radius 2 is 2.10 bits per heavy atom. The summed E-state index contributed by atoms with van der Waals surface area (Å²) in [4.78, 5) is 22.9. The highest BCUT2D eigenvalue weighted by molar-refractivity contribution is 5.83. The number of benzene rings is 1. The van der Waals surface area contributed by atoms with E-state index in [-0.39, 0.29) is 24.4 Å². The molecule has 0 fully saturated rings. The SMILES string of the molecule is CCC(CC(=O)O)NC(=O)[C@H]1Cc2ccccc2CN1. The molecule has 0 radical (unpaired) electrons. The van der Waals surface area contributed by atoms with E-state index < -0.39 is 5.97 Å². The summed E-state index contributed by atoms with van der Waals surface area (Å²) in [5.41, 5.74) is 2.40. The number of hydrogen-bond donors (Lipinski definition) is 3. The van der Waals surface area contributed by atoms with Crippen LogP contribution in [0.25, 0.3) is 0 Å². The lowest BCUT2D eigenvalue weighted by Crippen LogP contribution is -2.50. The Balaban J connectivity index is 1.95. The maximum Gasteiger partial charge on any atom is 0.305 e. The van der Waals surface area contributed by atoms with Gasteiger partial charge in [0.1, 0.15) is 0 Å². The molecule has 2 atom stereocenters. The molecule has 0 bridgehead atoms. The van der Waals surface area contributed by atoms with Crippen LogP contribution < -0.4 is 10.6 Å². The standard InChI is InChI=1S/C15H20N2O3/c1-2-12(8-14(18)19)17-15(20)13-7-10-5-3-4-6-11(10)9-16-13/h3-6,12-13,16H,2,7-9H2,1H3,(H,17,20)(H,18,19)/t12?,13-/m1/s1. The van der Waals surface area contributed by atoms with E-state index in [4.69, 9.17) is 5.11 Å². The van der Waals surface area contributed by atoms with Gasteiger partial charge in [-0.05, 0) is 24.0 Å². The molecule has 3 N–H and O–H groups in total. The van der Waals surface area contributed by atoms with E-state index in [1.165, 1.54) is 11.1 Å². The first-order valence-electron chi connectivity index (χ1n) is 6.92. The summed E-state index contributed by atoms with van der Waals surface area (Å²) in [6.07, 6.45) is 1.22. The average molecular weight is 276 g/mol. The third kappa shape index (κ3) is 3.57. The normalized spacial score (nSPS) is 18.9. The van der Waals surface area contributed by atoms with E-state index in [1.807, 2.05) is 25.1 Å². The smallest absolute Gasteiger partial charge is 0.305 e. The first-order valence-corrected chi connectivity index (χ1v) is 6.92. The van der Waals surface area contributed by atoms with Crippen LogP contribution in [0.1, 0.15) is 30.9 Å². The van der Waals surface area contributed by atoms with Crippen LogP contribution in [-0.4, -0.2) is 29.1 Å². The molecule has 5 nitrogen and oxygen atoms in total. The molecule has 108 valence electrons. The van der Waals surface area contributed by atoms with Crippen molar-refractivity contribution in [3.63, 3.8) is 0 Å². The molecular weight excluding hydrogens is 256 g/mol. The molecule has 5 heteroatoms. The van der Waals surface area contributed by atoms with Gasteiger partial charge in [0.15, 0.2) is 0 Å². The Labute approximate surface area is 118 Å². The van der Waals surface area contributed by atoms with Gasteiger partial charge in [-0.3, -0.25) is 9.59 Å². The second-order valence-electron chi connectivity index (χ2n) is 5.12. The molecule has 1 aliphatic heterocycles. The number of nitrogens with one attached hydrogen (secondary N) is 2. The molecule has 1 heterocycles. The molecule has 1 aromatic rings. The molecule has 0 aromatic heterocycles. The fraction of sp³-hybridized carbons (Fsp3) is 0.467. The average Bonchev–Trinajstić information content (AvgIpc) is 2.45. The fourth-order valence-corrected chi connectivity index (χ4v) is 2.45. The first-order chi connectivity index (χ1) is 9.60. The minimum absolute atomic E-state index is 0.0362. The molecule has 1 aromatic carbocycles. The van der Waals surface area contributed by atoms with Crippen molar-refractivity contribution in [2.75, 3.05) is 0 Å². The molecule has 20 heavy (non-hydrogen) atoms. The number of hydrogen-bond acceptors (Lipinski definition) is 3. The monoisotopic (exact) mass is 276 g/mol. The van der Waals surface area contributed by atoms with Crippen LogP contribution in [0.2, 0.25) is 0 Å². The maximum atomic E-state index is 12.2. The predicted octanol–water partition coefficient (Wildman–Crippen LogP) is 1.07. The van der Waals surface area contributed by atoms with Gasteiger partial charge in [-0.25, -0.2) is 0 Å². The van der Waals surface area contributed by atoms with Gasteiger partial charge in [0.2, 0.25) is 5.91 Å². The second kappa shape index (κ2) is 6.52.